The third-order valence-corrected chi connectivity index (χ3v) is 3.28. The van der Waals surface area contributed by atoms with Crippen LogP contribution in [0.4, 0.5) is 0 Å². The first-order valence-electron chi connectivity index (χ1n) is 7.11. The number of nitrogens with one attached hydrogen (secondary N) is 1. The summed E-state index contributed by atoms with van der Waals surface area (Å²) in [5.74, 6) is 0. The largest absolute Gasteiger partial charge is 0.383 e. The second-order valence-electron chi connectivity index (χ2n) is 4.79. The van der Waals surface area contributed by atoms with Gasteiger partial charge in [0.1, 0.15) is 0 Å². The van der Waals surface area contributed by atoms with Crippen LogP contribution < -0.4 is 5.32 Å². The number of hydrogen-bond acceptors (Lipinski definition) is 3. The van der Waals surface area contributed by atoms with Crippen molar-refractivity contribution in [1.29, 1.82) is 0 Å². The molecule has 0 fully saturated rings. The number of aromatic nitrogens is 2. The second kappa shape index (κ2) is 9.75. The number of ether oxygens (including phenoxy) is 1. The standard InChI is InChI=1S/C15H27N3O/c1-4-5-6-7-8-10-18-14(2)15(13-17-18)12-16-9-11-19-3/h4,13,16H,1,5-12H2,2-3H3. The predicted octanol–water partition coefficient (Wildman–Crippen LogP) is 2.67. The summed E-state index contributed by atoms with van der Waals surface area (Å²) in [5.41, 5.74) is 2.55. The molecule has 0 saturated heterocycles. The molecule has 0 amide bonds. The van der Waals surface area contributed by atoms with Gasteiger partial charge in [0, 0.05) is 38.0 Å². The minimum Gasteiger partial charge on any atom is -0.383 e. The molecule has 4 heteroatoms. The molecule has 108 valence electrons. The zero-order valence-corrected chi connectivity index (χ0v) is 12.3. The van der Waals surface area contributed by atoms with Crippen molar-refractivity contribution in [2.24, 2.45) is 0 Å². The molecule has 1 rings (SSSR count). The Hall–Kier alpha value is -1.13. The first-order chi connectivity index (χ1) is 9.29. The first kappa shape index (κ1) is 15.9. The van der Waals surface area contributed by atoms with Gasteiger partial charge in [-0.2, -0.15) is 5.10 Å². The van der Waals surface area contributed by atoms with E-state index in [2.05, 4.69) is 28.6 Å². The summed E-state index contributed by atoms with van der Waals surface area (Å²) >= 11 is 0. The molecule has 1 aromatic heterocycles. The van der Waals surface area contributed by atoms with Crippen molar-refractivity contribution in [3.05, 3.63) is 30.1 Å². The van der Waals surface area contributed by atoms with Gasteiger partial charge in [-0.05, 0) is 26.2 Å². The van der Waals surface area contributed by atoms with Gasteiger partial charge >= 0.3 is 0 Å². The lowest BCUT2D eigenvalue weighted by molar-refractivity contribution is 0.199. The van der Waals surface area contributed by atoms with Crippen LogP contribution in [0.25, 0.3) is 0 Å². The Morgan fingerprint density at radius 1 is 1.42 bits per heavy atom. The van der Waals surface area contributed by atoms with Gasteiger partial charge < -0.3 is 10.1 Å². The number of rotatable bonds is 11. The summed E-state index contributed by atoms with van der Waals surface area (Å²) in [6.07, 6.45) is 8.74. The molecule has 0 unspecified atom stereocenters. The van der Waals surface area contributed by atoms with E-state index in [4.69, 9.17) is 4.74 Å². The number of unbranched alkanes of at least 4 members (excludes halogenated alkanes) is 3. The zero-order chi connectivity index (χ0) is 13.9. The topological polar surface area (TPSA) is 39.1 Å². The highest BCUT2D eigenvalue weighted by atomic mass is 16.5. The molecule has 0 radical (unpaired) electrons. The summed E-state index contributed by atoms with van der Waals surface area (Å²) in [5, 5.41) is 7.81. The van der Waals surface area contributed by atoms with Crippen molar-refractivity contribution in [1.82, 2.24) is 15.1 Å². The average Bonchev–Trinajstić information content (AvgIpc) is 2.76. The maximum Gasteiger partial charge on any atom is 0.0587 e. The quantitative estimate of drug-likeness (QED) is 0.494. The van der Waals surface area contributed by atoms with Gasteiger partial charge in [-0.25, -0.2) is 0 Å². The summed E-state index contributed by atoms with van der Waals surface area (Å²) in [6.45, 7) is 9.39. The monoisotopic (exact) mass is 265 g/mol. The molecule has 0 spiro atoms. The van der Waals surface area contributed by atoms with Crippen molar-refractivity contribution >= 4 is 0 Å². The van der Waals surface area contributed by atoms with Crippen molar-refractivity contribution in [2.45, 2.75) is 45.7 Å². The van der Waals surface area contributed by atoms with Gasteiger partial charge in [0.15, 0.2) is 0 Å². The van der Waals surface area contributed by atoms with Crippen LogP contribution in [0.3, 0.4) is 0 Å². The van der Waals surface area contributed by atoms with Crippen LogP contribution in [-0.4, -0.2) is 30.0 Å². The van der Waals surface area contributed by atoms with Crippen molar-refractivity contribution < 1.29 is 4.74 Å². The highest BCUT2D eigenvalue weighted by molar-refractivity contribution is 5.15. The van der Waals surface area contributed by atoms with E-state index >= 15 is 0 Å². The highest BCUT2D eigenvalue weighted by Crippen LogP contribution is 2.09. The van der Waals surface area contributed by atoms with E-state index in [1.807, 2.05) is 12.3 Å². The van der Waals surface area contributed by atoms with Crippen molar-refractivity contribution in [3.63, 3.8) is 0 Å². The fourth-order valence-corrected chi connectivity index (χ4v) is 2.01. The van der Waals surface area contributed by atoms with Gasteiger partial charge in [-0.15, -0.1) is 6.58 Å². The average molecular weight is 265 g/mol. The Bertz CT molecular complexity index is 360. The van der Waals surface area contributed by atoms with E-state index in [1.165, 1.54) is 30.5 Å². The van der Waals surface area contributed by atoms with Gasteiger partial charge in [0.05, 0.1) is 12.8 Å². The van der Waals surface area contributed by atoms with Crippen LogP contribution >= 0.6 is 0 Å². The number of aryl methyl sites for hydroxylation is 1. The smallest absolute Gasteiger partial charge is 0.0587 e. The SMILES string of the molecule is C=CCCCCCn1ncc(CNCCOC)c1C. The lowest BCUT2D eigenvalue weighted by atomic mass is 10.2. The normalized spacial score (nSPS) is 10.8. The van der Waals surface area contributed by atoms with E-state index in [0.717, 1.165) is 32.7 Å². The molecule has 0 atom stereocenters. The van der Waals surface area contributed by atoms with Crippen LogP contribution in [0.15, 0.2) is 18.9 Å². The third-order valence-electron chi connectivity index (χ3n) is 3.28. The molecule has 1 heterocycles. The summed E-state index contributed by atoms with van der Waals surface area (Å²) in [7, 11) is 1.72. The van der Waals surface area contributed by atoms with Gasteiger partial charge in [-0.1, -0.05) is 12.5 Å². The third kappa shape index (κ3) is 6.03. The molecular weight excluding hydrogens is 238 g/mol. The Labute approximate surface area is 116 Å². The molecule has 1 N–H and O–H groups in total. The fourth-order valence-electron chi connectivity index (χ4n) is 2.01. The summed E-state index contributed by atoms with van der Waals surface area (Å²) in [4.78, 5) is 0. The Morgan fingerprint density at radius 2 is 2.26 bits per heavy atom. The molecule has 0 aliphatic rings. The van der Waals surface area contributed by atoms with Gasteiger partial charge in [-0.3, -0.25) is 4.68 Å². The Kier molecular flexibility index (Phi) is 8.18. The lowest BCUT2D eigenvalue weighted by Crippen LogP contribution is -2.18. The predicted molar refractivity (Wildman–Crippen MR) is 79.2 cm³/mol. The minimum atomic E-state index is 0.747. The van der Waals surface area contributed by atoms with Crippen LogP contribution in [0, 0.1) is 6.92 Å². The molecule has 0 aliphatic heterocycles. The van der Waals surface area contributed by atoms with Crippen molar-refractivity contribution in [2.75, 3.05) is 20.3 Å². The Balaban J connectivity index is 2.27. The van der Waals surface area contributed by atoms with Gasteiger partial charge in [0.25, 0.3) is 0 Å². The number of nitrogens with zero attached hydrogens (tertiary/aromatic N) is 2. The molecule has 0 aromatic carbocycles. The van der Waals surface area contributed by atoms with E-state index in [9.17, 15) is 0 Å². The molecule has 19 heavy (non-hydrogen) atoms. The molecule has 0 saturated carbocycles. The number of methoxy groups -OCH3 is 1. The number of allylic oxidation sites excluding steroid dienone is 1. The molecular formula is C15H27N3O. The summed E-state index contributed by atoms with van der Waals surface area (Å²) in [6, 6.07) is 0. The second-order valence-corrected chi connectivity index (χ2v) is 4.79. The van der Waals surface area contributed by atoms with E-state index in [1.54, 1.807) is 7.11 Å². The molecule has 1 aromatic rings. The zero-order valence-electron chi connectivity index (χ0n) is 12.3. The maximum atomic E-state index is 5.01. The molecule has 0 bridgehead atoms. The first-order valence-corrected chi connectivity index (χ1v) is 7.11. The van der Waals surface area contributed by atoms with E-state index in [-0.39, 0.29) is 0 Å². The van der Waals surface area contributed by atoms with E-state index in [0.29, 0.717) is 0 Å². The minimum absolute atomic E-state index is 0.747. The summed E-state index contributed by atoms with van der Waals surface area (Å²) < 4.78 is 7.12. The van der Waals surface area contributed by atoms with Crippen molar-refractivity contribution in [3.8, 4) is 0 Å². The van der Waals surface area contributed by atoms with Crippen LogP contribution in [0.5, 0.6) is 0 Å². The van der Waals surface area contributed by atoms with Gasteiger partial charge in [0.2, 0.25) is 0 Å². The highest BCUT2D eigenvalue weighted by Gasteiger charge is 2.05. The Morgan fingerprint density at radius 3 is 3.00 bits per heavy atom. The maximum absolute atomic E-state index is 5.01. The fraction of sp³-hybridized carbons (Fsp3) is 0.667. The van der Waals surface area contributed by atoms with Crippen LogP contribution in [0.2, 0.25) is 0 Å². The number of hydrogen-bond donors (Lipinski definition) is 1. The molecule has 4 nitrogen and oxygen atoms in total. The van der Waals surface area contributed by atoms with Crippen LogP contribution in [-0.2, 0) is 17.8 Å². The van der Waals surface area contributed by atoms with E-state index < -0.39 is 0 Å². The van der Waals surface area contributed by atoms with Crippen LogP contribution in [0.1, 0.15) is 36.9 Å². The molecule has 0 aliphatic carbocycles. The lowest BCUT2D eigenvalue weighted by Gasteiger charge is -2.06.